The Hall–Kier alpha value is -0.510. The number of ether oxygens (including phenoxy) is 2. The highest BCUT2D eigenvalue weighted by atomic mass is 35.5. The molecule has 1 saturated carbocycles. The molecule has 1 aliphatic carbocycles. The molecule has 14 heavy (non-hydrogen) atoms. The van der Waals surface area contributed by atoms with Crippen LogP contribution in [0.4, 0.5) is 9.18 Å². The van der Waals surface area contributed by atoms with Gasteiger partial charge in [0, 0.05) is 0 Å². The van der Waals surface area contributed by atoms with Crippen LogP contribution in [0.1, 0.15) is 32.6 Å². The van der Waals surface area contributed by atoms with Crippen molar-refractivity contribution in [2.45, 2.75) is 50.4 Å². The fourth-order valence-corrected chi connectivity index (χ4v) is 1.54. The molecule has 1 fully saturated rings. The summed E-state index contributed by atoms with van der Waals surface area (Å²) in [5, 5.41) is 0. The Labute approximate surface area is 87.5 Å². The molecule has 0 N–H and O–H groups in total. The average molecular weight is 225 g/mol. The first kappa shape index (κ1) is 11.6. The summed E-state index contributed by atoms with van der Waals surface area (Å²) in [5.74, 6) is 0. The van der Waals surface area contributed by atoms with Gasteiger partial charge in [-0.15, -0.1) is 0 Å². The van der Waals surface area contributed by atoms with Gasteiger partial charge in [-0.1, -0.05) is 18.0 Å². The molecule has 0 saturated heterocycles. The molecular weight excluding hydrogens is 211 g/mol. The fraction of sp³-hybridized carbons (Fsp3) is 0.889. The molecule has 0 aromatic carbocycles. The van der Waals surface area contributed by atoms with E-state index in [4.69, 9.17) is 16.3 Å². The Bertz CT molecular complexity index is 198. The van der Waals surface area contributed by atoms with Gasteiger partial charge in [-0.2, -0.15) is 0 Å². The number of halogens is 2. The Morgan fingerprint density at radius 1 is 1.50 bits per heavy atom. The minimum atomic E-state index is -1.07. The lowest BCUT2D eigenvalue weighted by Crippen LogP contribution is -2.32. The van der Waals surface area contributed by atoms with Crippen molar-refractivity contribution in [3.8, 4) is 0 Å². The third kappa shape index (κ3) is 3.70. The molecule has 0 amide bonds. The van der Waals surface area contributed by atoms with E-state index in [0.29, 0.717) is 12.8 Å². The summed E-state index contributed by atoms with van der Waals surface area (Å²) < 4.78 is 22.5. The van der Waals surface area contributed by atoms with Crippen molar-refractivity contribution in [3.05, 3.63) is 0 Å². The van der Waals surface area contributed by atoms with Gasteiger partial charge in [0.2, 0.25) is 0 Å². The SMILES string of the molecule is CC(Cl)OC(=O)O[C@H]1CCCCC1F. The third-order valence-electron chi connectivity index (χ3n) is 2.13. The smallest absolute Gasteiger partial charge is 0.428 e. The fourth-order valence-electron chi connectivity index (χ4n) is 1.47. The van der Waals surface area contributed by atoms with Crippen LogP contribution in [-0.4, -0.2) is 24.0 Å². The van der Waals surface area contributed by atoms with Crippen LogP contribution in [0.2, 0.25) is 0 Å². The van der Waals surface area contributed by atoms with Gasteiger partial charge < -0.3 is 9.47 Å². The monoisotopic (exact) mass is 224 g/mol. The minimum Gasteiger partial charge on any atom is -0.428 e. The van der Waals surface area contributed by atoms with Crippen molar-refractivity contribution < 1.29 is 18.7 Å². The topological polar surface area (TPSA) is 35.5 Å². The Balaban J connectivity index is 2.31. The van der Waals surface area contributed by atoms with Crippen LogP contribution in [-0.2, 0) is 9.47 Å². The maximum atomic E-state index is 13.2. The van der Waals surface area contributed by atoms with Gasteiger partial charge in [0.05, 0.1) is 0 Å². The van der Waals surface area contributed by atoms with E-state index >= 15 is 0 Å². The molecular formula is C9H14ClFO3. The zero-order valence-electron chi connectivity index (χ0n) is 8.04. The van der Waals surface area contributed by atoms with E-state index < -0.39 is 24.0 Å². The summed E-state index contributed by atoms with van der Waals surface area (Å²) in [6.45, 7) is 1.50. The minimum absolute atomic E-state index is 0.453. The zero-order chi connectivity index (χ0) is 10.6. The van der Waals surface area contributed by atoms with E-state index in [0.717, 1.165) is 12.8 Å². The quantitative estimate of drug-likeness (QED) is 0.534. The van der Waals surface area contributed by atoms with Gasteiger partial charge in [0.1, 0.15) is 12.3 Å². The molecule has 5 heteroatoms. The van der Waals surface area contributed by atoms with Crippen molar-refractivity contribution in [1.82, 2.24) is 0 Å². The number of rotatable bonds is 2. The van der Waals surface area contributed by atoms with Gasteiger partial charge >= 0.3 is 6.16 Å². The van der Waals surface area contributed by atoms with Crippen LogP contribution in [0, 0.1) is 0 Å². The van der Waals surface area contributed by atoms with Crippen molar-refractivity contribution in [3.63, 3.8) is 0 Å². The largest absolute Gasteiger partial charge is 0.510 e. The highest BCUT2D eigenvalue weighted by Gasteiger charge is 2.28. The van der Waals surface area contributed by atoms with Gasteiger partial charge in [-0.05, 0) is 26.2 Å². The summed E-state index contributed by atoms with van der Waals surface area (Å²) in [7, 11) is 0. The number of hydrogen-bond donors (Lipinski definition) is 0. The van der Waals surface area contributed by atoms with E-state index in [1.165, 1.54) is 6.92 Å². The average Bonchev–Trinajstić information content (AvgIpc) is 2.07. The predicted octanol–water partition coefficient (Wildman–Crippen LogP) is 3.01. The first-order valence-corrected chi connectivity index (χ1v) is 5.18. The van der Waals surface area contributed by atoms with Gasteiger partial charge in [-0.25, -0.2) is 9.18 Å². The molecule has 2 unspecified atom stereocenters. The molecule has 0 heterocycles. The number of carbonyl (C=O) groups excluding carboxylic acids is 1. The lowest BCUT2D eigenvalue weighted by atomic mass is 9.96. The second-order valence-corrected chi connectivity index (χ2v) is 3.98. The third-order valence-corrected chi connectivity index (χ3v) is 2.22. The van der Waals surface area contributed by atoms with Crippen molar-refractivity contribution in [1.29, 1.82) is 0 Å². The second-order valence-electron chi connectivity index (χ2n) is 3.37. The first-order valence-electron chi connectivity index (χ1n) is 4.75. The van der Waals surface area contributed by atoms with E-state index in [-0.39, 0.29) is 0 Å². The lowest BCUT2D eigenvalue weighted by molar-refractivity contribution is -0.0244. The van der Waals surface area contributed by atoms with Crippen molar-refractivity contribution >= 4 is 17.8 Å². The van der Waals surface area contributed by atoms with Crippen LogP contribution in [0.5, 0.6) is 0 Å². The van der Waals surface area contributed by atoms with Crippen LogP contribution < -0.4 is 0 Å². The lowest BCUT2D eigenvalue weighted by Gasteiger charge is -2.25. The van der Waals surface area contributed by atoms with Crippen LogP contribution >= 0.6 is 11.6 Å². The maximum Gasteiger partial charge on any atom is 0.510 e. The molecule has 3 atom stereocenters. The number of hydrogen-bond acceptors (Lipinski definition) is 3. The van der Waals surface area contributed by atoms with E-state index in [2.05, 4.69) is 4.74 Å². The Morgan fingerprint density at radius 2 is 2.14 bits per heavy atom. The Kier molecular flexibility index (Phi) is 4.45. The zero-order valence-corrected chi connectivity index (χ0v) is 8.80. The van der Waals surface area contributed by atoms with Crippen LogP contribution in [0.15, 0.2) is 0 Å². The summed E-state index contributed by atoms with van der Waals surface area (Å²) in [6, 6.07) is 0. The summed E-state index contributed by atoms with van der Waals surface area (Å²) in [4.78, 5) is 11.0. The molecule has 3 nitrogen and oxygen atoms in total. The van der Waals surface area contributed by atoms with Crippen LogP contribution in [0.3, 0.4) is 0 Å². The maximum absolute atomic E-state index is 13.2. The highest BCUT2D eigenvalue weighted by molar-refractivity contribution is 6.19. The molecule has 0 bridgehead atoms. The van der Waals surface area contributed by atoms with E-state index in [9.17, 15) is 9.18 Å². The molecule has 0 aromatic rings. The standard InChI is InChI=1S/C9H14ClFO3/c1-6(10)13-9(12)14-8-5-3-2-4-7(8)11/h6-8H,2-5H2,1H3/t6?,7?,8-/m0/s1. The predicted molar refractivity (Wildman–Crippen MR) is 50.0 cm³/mol. The molecule has 1 aliphatic rings. The molecule has 0 spiro atoms. The molecule has 1 rings (SSSR count). The molecule has 82 valence electrons. The number of alkyl halides is 2. The van der Waals surface area contributed by atoms with Gasteiger partial charge in [0.25, 0.3) is 0 Å². The molecule has 0 radical (unpaired) electrons. The first-order chi connectivity index (χ1) is 6.59. The van der Waals surface area contributed by atoms with Crippen LogP contribution in [0.25, 0.3) is 0 Å². The van der Waals surface area contributed by atoms with Gasteiger partial charge in [-0.3, -0.25) is 0 Å². The Morgan fingerprint density at radius 3 is 2.71 bits per heavy atom. The van der Waals surface area contributed by atoms with E-state index in [1.807, 2.05) is 0 Å². The van der Waals surface area contributed by atoms with Gasteiger partial charge in [0.15, 0.2) is 5.56 Å². The van der Waals surface area contributed by atoms with Crippen molar-refractivity contribution in [2.75, 3.05) is 0 Å². The summed E-state index contributed by atoms with van der Waals surface area (Å²) in [6.07, 6.45) is 0.133. The number of carbonyl (C=O) groups is 1. The second kappa shape index (κ2) is 5.39. The summed E-state index contributed by atoms with van der Waals surface area (Å²) >= 11 is 5.41. The summed E-state index contributed by atoms with van der Waals surface area (Å²) in [5.41, 5.74) is -0.746. The molecule has 0 aliphatic heterocycles. The van der Waals surface area contributed by atoms with Crippen molar-refractivity contribution in [2.24, 2.45) is 0 Å². The normalized spacial score (nSPS) is 29.4. The van der Waals surface area contributed by atoms with E-state index in [1.54, 1.807) is 0 Å². The highest BCUT2D eigenvalue weighted by Crippen LogP contribution is 2.24. The molecule has 0 aromatic heterocycles.